The molecule has 0 unspecified atom stereocenters. The van der Waals surface area contributed by atoms with Crippen LogP contribution in [-0.2, 0) is 32.6 Å². The first kappa shape index (κ1) is 24.2. The molecule has 0 bridgehead atoms. The minimum atomic E-state index is -3.73. The molecule has 34 heavy (non-hydrogen) atoms. The van der Waals surface area contributed by atoms with Crippen molar-refractivity contribution >= 4 is 27.5 Å². The number of nitrogens with one attached hydrogen (secondary N) is 2. The van der Waals surface area contributed by atoms with Gasteiger partial charge in [-0.05, 0) is 41.5 Å². The Labute approximate surface area is 200 Å². The number of sulfonamides is 1. The molecule has 2 N–H and O–H groups in total. The van der Waals surface area contributed by atoms with E-state index in [9.17, 15) is 18.0 Å². The molecule has 0 aliphatic carbocycles. The van der Waals surface area contributed by atoms with Crippen LogP contribution < -0.4 is 14.8 Å². The summed E-state index contributed by atoms with van der Waals surface area (Å²) in [5, 5.41) is 2.59. The molecule has 2 heterocycles. The third-order valence-electron chi connectivity index (χ3n) is 6.00. The Morgan fingerprint density at radius 3 is 2.47 bits per heavy atom. The number of rotatable bonds is 8. The second kappa shape index (κ2) is 10.5. The van der Waals surface area contributed by atoms with Crippen molar-refractivity contribution in [3.8, 4) is 5.75 Å². The fraction of sp³-hybridized carbons (Fsp3) is 0.417. The summed E-state index contributed by atoms with van der Waals surface area (Å²) in [4.78, 5) is 27.9. The number of fused-ring (bicyclic) bond motifs is 1. The zero-order valence-corrected chi connectivity index (χ0v) is 20.1. The SMILES string of the molecule is CC(=O)Nc1ccc(S(=O)(=O)NCCC(=O)N2CCN(Cc3ccc4c(c3)CCO4)CC2)cc1. The van der Waals surface area contributed by atoms with Gasteiger partial charge in [-0.25, -0.2) is 13.1 Å². The fourth-order valence-corrected chi connectivity index (χ4v) is 5.24. The molecule has 9 nitrogen and oxygen atoms in total. The molecule has 4 rings (SSSR count). The van der Waals surface area contributed by atoms with Crippen molar-refractivity contribution in [2.24, 2.45) is 0 Å². The summed E-state index contributed by atoms with van der Waals surface area (Å²) in [5.41, 5.74) is 3.03. The number of carbonyl (C=O) groups is 2. The van der Waals surface area contributed by atoms with Crippen molar-refractivity contribution in [3.05, 3.63) is 53.6 Å². The van der Waals surface area contributed by atoms with Crippen LogP contribution in [0.4, 0.5) is 5.69 Å². The van der Waals surface area contributed by atoms with Gasteiger partial charge in [-0.1, -0.05) is 12.1 Å². The molecule has 2 aromatic rings. The van der Waals surface area contributed by atoms with Crippen LogP contribution in [0.15, 0.2) is 47.4 Å². The van der Waals surface area contributed by atoms with Gasteiger partial charge >= 0.3 is 0 Å². The zero-order valence-electron chi connectivity index (χ0n) is 19.2. The number of benzene rings is 2. The lowest BCUT2D eigenvalue weighted by Crippen LogP contribution is -2.48. The Morgan fingerprint density at radius 1 is 1.03 bits per heavy atom. The second-order valence-corrected chi connectivity index (χ2v) is 10.3. The summed E-state index contributed by atoms with van der Waals surface area (Å²) in [6.45, 7) is 5.83. The highest BCUT2D eigenvalue weighted by Gasteiger charge is 2.22. The normalized spacial score (nSPS) is 16.1. The van der Waals surface area contributed by atoms with Crippen LogP contribution in [0.1, 0.15) is 24.5 Å². The van der Waals surface area contributed by atoms with E-state index in [1.54, 1.807) is 4.90 Å². The minimum absolute atomic E-state index is 0.0338. The standard InChI is InChI=1S/C24H30N4O5S/c1-18(29)26-21-3-5-22(6-4-21)34(31,32)25-10-8-24(30)28-13-11-27(12-14-28)17-19-2-7-23-20(16-19)9-15-33-23/h2-7,16,25H,8-15,17H2,1H3,(H,26,29). The molecule has 0 radical (unpaired) electrons. The summed E-state index contributed by atoms with van der Waals surface area (Å²) in [7, 11) is -3.73. The zero-order chi connectivity index (χ0) is 24.1. The summed E-state index contributed by atoms with van der Waals surface area (Å²) in [5.74, 6) is 0.696. The molecule has 1 fully saturated rings. The number of amides is 2. The van der Waals surface area contributed by atoms with E-state index in [-0.39, 0.29) is 29.7 Å². The predicted molar refractivity (Wildman–Crippen MR) is 128 cm³/mol. The van der Waals surface area contributed by atoms with Gasteiger partial charge in [0.1, 0.15) is 5.75 Å². The topological polar surface area (TPSA) is 108 Å². The summed E-state index contributed by atoms with van der Waals surface area (Å²) in [6, 6.07) is 12.2. The van der Waals surface area contributed by atoms with Crippen molar-refractivity contribution in [2.45, 2.75) is 31.2 Å². The first-order valence-electron chi connectivity index (χ1n) is 11.4. The molecular weight excluding hydrogens is 456 g/mol. The van der Waals surface area contributed by atoms with Crippen LogP contribution in [0.5, 0.6) is 5.75 Å². The summed E-state index contributed by atoms with van der Waals surface area (Å²) in [6.07, 6.45) is 1.06. The molecule has 2 amide bonds. The van der Waals surface area contributed by atoms with Gasteiger partial charge in [0.05, 0.1) is 11.5 Å². The van der Waals surface area contributed by atoms with Gasteiger partial charge in [0, 0.05) is 64.7 Å². The first-order chi connectivity index (χ1) is 16.3. The van der Waals surface area contributed by atoms with E-state index in [0.717, 1.165) is 38.4 Å². The number of hydrogen-bond acceptors (Lipinski definition) is 6. The van der Waals surface area contributed by atoms with Crippen LogP contribution >= 0.6 is 0 Å². The smallest absolute Gasteiger partial charge is 0.240 e. The highest BCUT2D eigenvalue weighted by molar-refractivity contribution is 7.89. The van der Waals surface area contributed by atoms with Gasteiger partial charge in [0.15, 0.2) is 0 Å². The number of carbonyl (C=O) groups excluding carboxylic acids is 2. The monoisotopic (exact) mass is 486 g/mol. The van der Waals surface area contributed by atoms with Gasteiger partial charge in [0.25, 0.3) is 0 Å². The lowest BCUT2D eigenvalue weighted by Gasteiger charge is -2.35. The maximum atomic E-state index is 12.6. The van der Waals surface area contributed by atoms with Crippen LogP contribution in [0.2, 0.25) is 0 Å². The molecular formula is C24H30N4O5S. The molecule has 1 saturated heterocycles. The summed E-state index contributed by atoms with van der Waals surface area (Å²) >= 11 is 0. The highest BCUT2D eigenvalue weighted by Crippen LogP contribution is 2.26. The van der Waals surface area contributed by atoms with Gasteiger partial charge < -0.3 is 15.0 Å². The maximum absolute atomic E-state index is 12.6. The number of anilines is 1. The fourth-order valence-electron chi connectivity index (χ4n) is 4.21. The number of piperazine rings is 1. The first-order valence-corrected chi connectivity index (χ1v) is 12.9. The van der Waals surface area contributed by atoms with Crippen molar-refractivity contribution < 1.29 is 22.7 Å². The predicted octanol–water partition coefficient (Wildman–Crippen LogP) is 1.59. The molecule has 2 aliphatic rings. The lowest BCUT2D eigenvalue weighted by atomic mass is 10.1. The van der Waals surface area contributed by atoms with Crippen LogP contribution in [0.3, 0.4) is 0 Å². The maximum Gasteiger partial charge on any atom is 0.240 e. The van der Waals surface area contributed by atoms with Crippen molar-refractivity contribution in [2.75, 3.05) is 44.6 Å². The molecule has 0 atom stereocenters. The van der Waals surface area contributed by atoms with Gasteiger partial charge in [-0.3, -0.25) is 14.5 Å². The summed E-state index contributed by atoms with van der Waals surface area (Å²) < 4.78 is 33.0. The van der Waals surface area contributed by atoms with Gasteiger partial charge in [0.2, 0.25) is 21.8 Å². The molecule has 2 aliphatic heterocycles. The van der Waals surface area contributed by atoms with Crippen molar-refractivity contribution in [3.63, 3.8) is 0 Å². The Bertz CT molecular complexity index is 1140. The molecule has 0 spiro atoms. The Hall–Kier alpha value is -2.95. The van der Waals surface area contributed by atoms with Crippen LogP contribution in [-0.4, -0.2) is 69.4 Å². The van der Waals surface area contributed by atoms with Crippen LogP contribution in [0.25, 0.3) is 0 Å². The molecule has 0 saturated carbocycles. The number of hydrogen-bond donors (Lipinski definition) is 2. The third-order valence-corrected chi connectivity index (χ3v) is 7.48. The van der Waals surface area contributed by atoms with E-state index in [0.29, 0.717) is 18.8 Å². The van der Waals surface area contributed by atoms with E-state index in [4.69, 9.17) is 4.74 Å². The lowest BCUT2D eigenvalue weighted by molar-refractivity contribution is -0.132. The van der Waals surface area contributed by atoms with Crippen molar-refractivity contribution in [1.29, 1.82) is 0 Å². The number of nitrogens with zero attached hydrogens (tertiary/aromatic N) is 2. The van der Waals surface area contributed by atoms with Gasteiger partial charge in [-0.15, -0.1) is 0 Å². The second-order valence-electron chi connectivity index (χ2n) is 8.55. The molecule has 10 heteroatoms. The van der Waals surface area contributed by atoms with E-state index in [1.807, 2.05) is 6.07 Å². The van der Waals surface area contributed by atoms with Crippen molar-refractivity contribution in [1.82, 2.24) is 14.5 Å². The average molecular weight is 487 g/mol. The van der Waals surface area contributed by atoms with Gasteiger partial charge in [-0.2, -0.15) is 0 Å². The Morgan fingerprint density at radius 2 is 1.76 bits per heavy atom. The van der Waals surface area contributed by atoms with E-state index >= 15 is 0 Å². The highest BCUT2D eigenvalue weighted by atomic mass is 32.2. The quantitative estimate of drug-likeness (QED) is 0.587. The molecule has 0 aromatic heterocycles. The molecule has 182 valence electrons. The Balaban J connectivity index is 1.20. The van der Waals surface area contributed by atoms with E-state index in [1.165, 1.54) is 42.3 Å². The number of ether oxygens (including phenoxy) is 1. The van der Waals surface area contributed by atoms with E-state index in [2.05, 4.69) is 27.1 Å². The van der Waals surface area contributed by atoms with Crippen LogP contribution in [0, 0.1) is 0 Å². The van der Waals surface area contributed by atoms with E-state index < -0.39 is 10.0 Å². The third kappa shape index (κ3) is 6.13. The average Bonchev–Trinajstić information content (AvgIpc) is 3.27. The Kier molecular flexibility index (Phi) is 7.50. The minimum Gasteiger partial charge on any atom is -0.493 e. The largest absolute Gasteiger partial charge is 0.493 e. The molecule has 2 aromatic carbocycles.